The zero-order valence-electron chi connectivity index (χ0n) is 8.20. The van der Waals surface area contributed by atoms with Gasteiger partial charge in [0.1, 0.15) is 5.75 Å². The molecule has 0 amide bonds. The van der Waals surface area contributed by atoms with E-state index < -0.39 is 12.1 Å². The Morgan fingerprint density at radius 2 is 2.14 bits per heavy atom. The van der Waals surface area contributed by atoms with Crippen LogP contribution in [0.2, 0.25) is 5.02 Å². The second-order valence-corrected chi connectivity index (χ2v) is 3.59. The van der Waals surface area contributed by atoms with Crippen LogP contribution in [0.25, 0.3) is 0 Å². The lowest BCUT2D eigenvalue weighted by Gasteiger charge is -2.18. The Morgan fingerprint density at radius 3 is 2.64 bits per heavy atom. The van der Waals surface area contributed by atoms with Gasteiger partial charge in [0.2, 0.25) is 0 Å². The quantitative estimate of drug-likeness (QED) is 0.808. The van der Waals surface area contributed by atoms with Crippen molar-refractivity contribution in [3.8, 4) is 5.75 Å². The molecule has 78 valence electrons. The normalized spacial score (nSPS) is 14.9. The summed E-state index contributed by atoms with van der Waals surface area (Å²) in [4.78, 5) is 0. The zero-order chi connectivity index (χ0) is 10.7. The Bertz CT molecular complexity index is 315. The molecule has 0 saturated heterocycles. The van der Waals surface area contributed by atoms with Crippen molar-refractivity contribution >= 4 is 11.6 Å². The fraction of sp³-hybridized carbons (Fsp3) is 0.400. The number of rotatable bonds is 3. The van der Waals surface area contributed by atoms with Gasteiger partial charge in [0.05, 0.1) is 19.3 Å². The molecule has 1 aromatic carbocycles. The molecule has 4 heteroatoms. The van der Waals surface area contributed by atoms with Gasteiger partial charge in [-0.1, -0.05) is 11.6 Å². The molecule has 0 heterocycles. The Balaban J connectivity index is 3.10. The van der Waals surface area contributed by atoms with Gasteiger partial charge in [-0.05, 0) is 25.1 Å². The minimum Gasteiger partial charge on any atom is -0.496 e. The SMILES string of the molecule is COc1ccc(Cl)cc1[C@H](N)[C@@H](C)O. The lowest BCUT2D eigenvalue weighted by Crippen LogP contribution is -2.23. The summed E-state index contributed by atoms with van der Waals surface area (Å²) in [5.41, 5.74) is 6.51. The van der Waals surface area contributed by atoms with E-state index in [1.165, 1.54) is 0 Å². The van der Waals surface area contributed by atoms with E-state index >= 15 is 0 Å². The molecule has 2 atom stereocenters. The van der Waals surface area contributed by atoms with Gasteiger partial charge in [-0.2, -0.15) is 0 Å². The van der Waals surface area contributed by atoms with Gasteiger partial charge in [-0.15, -0.1) is 0 Å². The maximum absolute atomic E-state index is 9.36. The van der Waals surface area contributed by atoms with E-state index in [1.807, 2.05) is 0 Å². The molecule has 3 nitrogen and oxygen atoms in total. The van der Waals surface area contributed by atoms with E-state index in [-0.39, 0.29) is 0 Å². The van der Waals surface area contributed by atoms with Gasteiger partial charge in [0, 0.05) is 10.6 Å². The van der Waals surface area contributed by atoms with Crippen LogP contribution in [0.15, 0.2) is 18.2 Å². The summed E-state index contributed by atoms with van der Waals surface area (Å²) in [6, 6.07) is 4.68. The molecule has 0 spiro atoms. The fourth-order valence-corrected chi connectivity index (χ4v) is 1.41. The number of aliphatic hydroxyl groups excluding tert-OH is 1. The number of nitrogens with two attached hydrogens (primary N) is 1. The number of ether oxygens (including phenoxy) is 1. The highest BCUT2D eigenvalue weighted by molar-refractivity contribution is 6.30. The molecule has 0 radical (unpaired) electrons. The topological polar surface area (TPSA) is 55.5 Å². The lowest BCUT2D eigenvalue weighted by molar-refractivity contribution is 0.162. The van der Waals surface area contributed by atoms with Crippen LogP contribution in [-0.2, 0) is 0 Å². The Morgan fingerprint density at radius 1 is 1.50 bits per heavy atom. The molecule has 1 aromatic rings. The highest BCUT2D eigenvalue weighted by Gasteiger charge is 2.16. The predicted octanol–water partition coefficient (Wildman–Crippen LogP) is 1.73. The molecule has 3 N–H and O–H groups in total. The summed E-state index contributed by atoms with van der Waals surface area (Å²) in [7, 11) is 1.56. The van der Waals surface area contributed by atoms with Crippen LogP contribution in [0.4, 0.5) is 0 Å². The average molecular weight is 216 g/mol. The molecule has 14 heavy (non-hydrogen) atoms. The van der Waals surface area contributed by atoms with E-state index in [4.69, 9.17) is 22.1 Å². The highest BCUT2D eigenvalue weighted by Crippen LogP contribution is 2.28. The van der Waals surface area contributed by atoms with Gasteiger partial charge in [-0.25, -0.2) is 0 Å². The first kappa shape index (κ1) is 11.3. The second-order valence-electron chi connectivity index (χ2n) is 3.15. The standard InChI is InChI=1S/C10H14ClNO2/c1-6(13)10(12)8-5-7(11)3-4-9(8)14-2/h3-6,10,13H,12H2,1-2H3/t6-,10-/m1/s1. The third-order valence-electron chi connectivity index (χ3n) is 2.07. The molecule has 1 rings (SSSR count). The van der Waals surface area contributed by atoms with E-state index in [9.17, 15) is 5.11 Å². The van der Waals surface area contributed by atoms with Crippen LogP contribution < -0.4 is 10.5 Å². The monoisotopic (exact) mass is 215 g/mol. The minimum atomic E-state index is -0.637. The van der Waals surface area contributed by atoms with E-state index in [2.05, 4.69) is 0 Å². The predicted molar refractivity (Wildman–Crippen MR) is 56.6 cm³/mol. The summed E-state index contributed by atoms with van der Waals surface area (Å²) in [6.07, 6.45) is -0.637. The number of methoxy groups -OCH3 is 1. The summed E-state index contributed by atoms with van der Waals surface area (Å²) >= 11 is 5.83. The van der Waals surface area contributed by atoms with Crippen molar-refractivity contribution in [2.24, 2.45) is 5.73 Å². The molecule has 0 aromatic heterocycles. The number of aliphatic hydroxyl groups is 1. The largest absolute Gasteiger partial charge is 0.496 e. The summed E-state index contributed by atoms with van der Waals surface area (Å²) in [5, 5.41) is 9.94. The van der Waals surface area contributed by atoms with Gasteiger partial charge >= 0.3 is 0 Å². The van der Waals surface area contributed by atoms with Crippen LogP contribution in [0.1, 0.15) is 18.5 Å². The molecule has 0 aliphatic carbocycles. The van der Waals surface area contributed by atoms with E-state index in [1.54, 1.807) is 32.2 Å². The van der Waals surface area contributed by atoms with Crippen LogP contribution in [0.5, 0.6) is 5.75 Å². The second kappa shape index (κ2) is 4.64. The van der Waals surface area contributed by atoms with Crippen LogP contribution >= 0.6 is 11.6 Å². The first-order chi connectivity index (χ1) is 6.56. The summed E-state index contributed by atoms with van der Waals surface area (Å²) in [6.45, 7) is 1.63. The van der Waals surface area contributed by atoms with E-state index in [0.29, 0.717) is 10.8 Å². The summed E-state index contributed by atoms with van der Waals surface area (Å²) < 4.78 is 5.12. The Hall–Kier alpha value is -0.770. The van der Waals surface area contributed by atoms with E-state index in [0.717, 1.165) is 5.56 Å². The van der Waals surface area contributed by atoms with Gasteiger partial charge < -0.3 is 15.6 Å². The molecule has 0 aliphatic heterocycles. The van der Waals surface area contributed by atoms with Crippen molar-refractivity contribution in [2.45, 2.75) is 19.1 Å². The Labute approximate surface area is 88.4 Å². The smallest absolute Gasteiger partial charge is 0.123 e. The molecule has 0 bridgehead atoms. The minimum absolute atomic E-state index is 0.483. The van der Waals surface area contributed by atoms with Crippen molar-refractivity contribution in [3.05, 3.63) is 28.8 Å². The third-order valence-corrected chi connectivity index (χ3v) is 2.31. The molecular weight excluding hydrogens is 202 g/mol. The van der Waals surface area contributed by atoms with Crippen molar-refractivity contribution < 1.29 is 9.84 Å². The van der Waals surface area contributed by atoms with Crippen molar-refractivity contribution in [1.29, 1.82) is 0 Å². The van der Waals surface area contributed by atoms with Gasteiger partial charge in [-0.3, -0.25) is 0 Å². The summed E-state index contributed by atoms with van der Waals surface area (Å²) in [5.74, 6) is 0.641. The van der Waals surface area contributed by atoms with Crippen molar-refractivity contribution in [1.82, 2.24) is 0 Å². The third kappa shape index (κ3) is 2.38. The number of halogens is 1. The lowest BCUT2D eigenvalue weighted by atomic mass is 10.0. The number of benzene rings is 1. The maximum atomic E-state index is 9.36. The Kier molecular flexibility index (Phi) is 3.75. The molecular formula is C10H14ClNO2. The van der Waals surface area contributed by atoms with Crippen LogP contribution in [0, 0.1) is 0 Å². The average Bonchev–Trinajstić information content (AvgIpc) is 2.16. The van der Waals surface area contributed by atoms with Crippen LogP contribution in [0.3, 0.4) is 0 Å². The van der Waals surface area contributed by atoms with Crippen LogP contribution in [-0.4, -0.2) is 18.3 Å². The van der Waals surface area contributed by atoms with Crippen molar-refractivity contribution in [3.63, 3.8) is 0 Å². The fourth-order valence-electron chi connectivity index (χ4n) is 1.23. The first-order valence-corrected chi connectivity index (χ1v) is 4.71. The zero-order valence-corrected chi connectivity index (χ0v) is 8.95. The molecule has 0 fully saturated rings. The molecule has 0 unspecified atom stereocenters. The first-order valence-electron chi connectivity index (χ1n) is 4.33. The highest BCUT2D eigenvalue weighted by atomic mass is 35.5. The maximum Gasteiger partial charge on any atom is 0.123 e. The van der Waals surface area contributed by atoms with Gasteiger partial charge in [0.25, 0.3) is 0 Å². The molecule has 0 aliphatic rings. The number of hydrogen-bond acceptors (Lipinski definition) is 3. The van der Waals surface area contributed by atoms with Gasteiger partial charge in [0.15, 0.2) is 0 Å². The van der Waals surface area contributed by atoms with Crippen molar-refractivity contribution in [2.75, 3.05) is 7.11 Å². The number of hydrogen-bond donors (Lipinski definition) is 2. The molecule has 0 saturated carbocycles.